The van der Waals surface area contributed by atoms with Crippen LogP contribution in [-0.2, 0) is 0 Å². The molecule has 0 saturated carbocycles. The van der Waals surface area contributed by atoms with Crippen molar-refractivity contribution < 1.29 is 4.74 Å². The number of nitrogens with zero attached hydrogens (tertiary/aromatic N) is 4. The van der Waals surface area contributed by atoms with E-state index in [-0.39, 0.29) is 0 Å². The van der Waals surface area contributed by atoms with Gasteiger partial charge < -0.3 is 24.8 Å². The first kappa shape index (κ1) is 22.3. The van der Waals surface area contributed by atoms with Gasteiger partial charge in [0.15, 0.2) is 5.96 Å². The molecule has 1 N–H and O–H groups in total. The van der Waals surface area contributed by atoms with Crippen molar-refractivity contribution in [2.45, 2.75) is 39.7 Å². The van der Waals surface area contributed by atoms with Gasteiger partial charge in [0.1, 0.15) is 5.75 Å². The topological polar surface area (TPSA) is 43.3 Å². The number of hydrogen-bond acceptors (Lipinski definition) is 4. The van der Waals surface area contributed by atoms with Crippen molar-refractivity contribution in [1.82, 2.24) is 15.1 Å². The molecule has 0 unspecified atom stereocenters. The predicted molar refractivity (Wildman–Crippen MR) is 120 cm³/mol. The number of piperazine rings is 1. The molecule has 0 spiro atoms. The first-order valence-electron chi connectivity index (χ1n) is 10.7. The van der Waals surface area contributed by atoms with E-state index in [1.54, 1.807) is 7.11 Å². The lowest BCUT2D eigenvalue weighted by molar-refractivity contribution is 0.269. The second-order valence-corrected chi connectivity index (χ2v) is 7.69. The van der Waals surface area contributed by atoms with Crippen molar-refractivity contribution in [3.05, 3.63) is 24.3 Å². The van der Waals surface area contributed by atoms with Gasteiger partial charge >= 0.3 is 0 Å². The number of benzene rings is 1. The highest BCUT2D eigenvalue weighted by molar-refractivity contribution is 5.80. The van der Waals surface area contributed by atoms with Gasteiger partial charge in [0.2, 0.25) is 0 Å². The van der Waals surface area contributed by atoms with Gasteiger partial charge in [-0.05, 0) is 59.3 Å². The maximum Gasteiger partial charge on any atom is 0.194 e. The van der Waals surface area contributed by atoms with Gasteiger partial charge in [-0.15, -0.1) is 0 Å². The summed E-state index contributed by atoms with van der Waals surface area (Å²) in [5, 5.41) is 3.47. The monoisotopic (exact) mass is 389 g/mol. The smallest absolute Gasteiger partial charge is 0.194 e. The van der Waals surface area contributed by atoms with Crippen molar-refractivity contribution in [2.75, 3.05) is 64.9 Å². The second kappa shape index (κ2) is 11.8. The van der Waals surface area contributed by atoms with Gasteiger partial charge in [0.25, 0.3) is 0 Å². The highest BCUT2D eigenvalue weighted by Crippen LogP contribution is 2.22. The van der Waals surface area contributed by atoms with Gasteiger partial charge in [-0.3, -0.25) is 4.99 Å². The molecule has 0 amide bonds. The zero-order valence-corrected chi connectivity index (χ0v) is 18.4. The fraction of sp³-hybridized carbons (Fsp3) is 0.682. The van der Waals surface area contributed by atoms with E-state index >= 15 is 0 Å². The van der Waals surface area contributed by atoms with Crippen molar-refractivity contribution in [2.24, 2.45) is 4.99 Å². The highest BCUT2D eigenvalue weighted by atomic mass is 16.5. The van der Waals surface area contributed by atoms with Gasteiger partial charge in [0, 0.05) is 57.1 Å². The third-order valence-electron chi connectivity index (χ3n) is 5.39. The van der Waals surface area contributed by atoms with Crippen LogP contribution in [0.2, 0.25) is 0 Å². The average molecular weight is 390 g/mol. The number of aliphatic imine (C=N–C) groups is 1. The lowest BCUT2D eigenvalue weighted by Crippen LogP contribution is -2.52. The molecule has 1 aliphatic rings. The zero-order chi connectivity index (χ0) is 20.4. The third kappa shape index (κ3) is 6.89. The summed E-state index contributed by atoms with van der Waals surface area (Å²) in [7, 11) is 3.91. The highest BCUT2D eigenvalue weighted by Gasteiger charge is 2.20. The molecule has 0 atom stereocenters. The number of ether oxygens (including phenoxy) is 1. The molecule has 28 heavy (non-hydrogen) atoms. The van der Waals surface area contributed by atoms with E-state index in [0.29, 0.717) is 6.04 Å². The number of guanidine groups is 1. The van der Waals surface area contributed by atoms with Gasteiger partial charge in [-0.1, -0.05) is 6.07 Å². The number of methoxy groups -OCH3 is 1. The van der Waals surface area contributed by atoms with Crippen LogP contribution < -0.4 is 15.0 Å². The maximum absolute atomic E-state index is 5.36. The van der Waals surface area contributed by atoms with Crippen LogP contribution in [0.4, 0.5) is 5.69 Å². The van der Waals surface area contributed by atoms with E-state index in [2.05, 4.69) is 66.0 Å². The number of hydrogen-bond donors (Lipinski definition) is 1. The molecule has 0 bridgehead atoms. The largest absolute Gasteiger partial charge is 0.497 e. The molecular weight excluding hydrogens is 350 g/mol. The molecule has 158 valence electrons. The van der Waals surface area contributed by atoms with Crippen LogP contribution in [0.1, 0.15) is 33.6 Å². The molecule has 0 aliphatic carbocycles. The molecule has 1 heterocycles. The lowest BCUT2D eigenvalue weighted by Gasteiger charge is -2.37. The van der Waals surface area contributed by atoms with Crippen LogP contribution in [0.15, 0.2) is 29.3 Å². The molecule has 1 aromatic rings. The Balaban J connectivity index is 1.82. The standard InChI is InChI=1S/C22H39N5O/c1-6-23-22(24-12-7-8-13-25(4)19(2)3)27-16-14-26(15-17-27)20-10-9-11-21(18-20)28-5/h9-11,18-19H,6-8,12-17H2,1-5H3,(H,23,24). The fourth-order valence-electron chi connectivity index (χ4n) is 3.33. The first-order chi connectivity index (χ1) is 13.5. The van der Waals surface area contributed by atoms with Crippen molar-refractivity contribution >= 4 is 11.6 Å². The summed E-state index contributed by atoms with van der Waals surface area (Å²) in [5.41, 5.74) is 1.23. The number of unbranched alkanes of at least 4 members (excludes halogenated alkanes) is 1. The molecular formula is C22H39N5O. The molecule has 1 aliphatic heterocycles. The van der Waals surface area contributed by atoms with Crippen molar-refractivity contribution in [3.8, 4) is 5.75 Å². The van der Waals surface area contributed by atoms with Crippen LogP contribution in [0.3, 0.4) is 0 Å². The van der Waals surface area contributed by atoms with E-state index in [1.165, 1.54) is 12.1 Å². The lowest BCUT2D eigenvalue weighted by atomic mass is 10.2. The van der Waals surface area contributed by atoms with Gasteiger partial charge in [-0.25, -0.2) is 0 Å². The molecule has 6 nitrogen and oxygen atoms in total. The van der Waals surface area contributed by atoms with Gasteiger partial charge in [0.05, 0.1) is 7.11 Å². The summed E-state index contributed by atoms with van der Waals surface area (Å²) in [6.45, 7) is 13.5. The number of anilines is 1. The Morgan fingerprint density at radius 3 is 2.61 bits per heavy atom. The molecule has 1 fully saturated rings. The quantitative estimate of drug-likeness (QED) is 0.400. The van der Waals surface area contributed by atoms with Crippen LogP contribution in [0.25, 0.3) is 0 Å². The van der Waals surface area contributed by atoms with E-state index in [9.17, 15) is 0 Å². The molecule has 1 saturated heterocycles. The van der Waals surface area contributed by atoms with E-state index in [0.717, 1.165) is 63.9 Å². The Kier molecular flexibility index (Phi) is 9.41. The molecule has 0 aromatic heterocycles. The van der Waals surface area contributed by atoms with E-state index in [1.807, 2.05) is 6.07 Å². The Morgan fingerprint density at radius 1 is 1.21 bits per heavy atom. The van der Waals surface area contributed by atoms with Crippen LogP contribution in [-0.4, -0.2) is 81.8 Å². The Morgan fingerprint density at radius 2 is 1.96 bits per heavy atom. The predicted octanol–water partition coefficient (Wildman–Crippen LogP) is 2.90. The summed E-state index contributed by atoms with van der Waals surface area (Å²) in [5.74, 6) is 1.97. The minimum absolute atomic E-state index is 0.613. The third-order valence-corrected chi connectivity index (χ3v) is 5.39. The summed E-state index contributed by atoms with van der Waals surface area (Å²) < 4.78 is 5.36. The SMILES string of the molecule is CCNC(=NCCCCN(C)C(C)C)N1CCN(c2cccc(OC)c2)CC1. The zero-order valence-electron chi connectivity index (χ0n) is 18.4. The number of nitrogens with one attached hydrogen (secondary N) is 1. The Bertz CT molecular complexity index is 596. The summed E-state index contributed by atoms with van der Waals surface area (Å²) >= 11 is 0. The average Bonchev–Trinajstić information content (AvgIpc) is 2.72. The number of rotatable bonds is 9. The van der Waals surface area contributed by atoms with Crippen LogP contribution >= 0.6 is 0 Å². The van der Waals surface area contributed by atoms with Gasteiger partial charge in [-0.2, -0.15) is 0 Å². The maximum atomic E-state index is 5.36. The summed E-state index contributed by atoms with van der Waals surface area (Å²) in [6, 6.07) is 8.94. The first-order valence-corrected chi connectivity index (χ1v) is 10.7. The minimum Gasteiger partial charge on any atom is -0.497 e. The van der Waals surface area contributed by atoms with E-state index < -0.39 is 0 Å². The molecule has 1 aromatic carbocycles. The Labute approximate surface area is 171 Å². The molecule has 6 heteroatoms. The van der Waals surface area contributed by atoms with Crippen molar-refractivity contribution in [3.63, 3.8) is 0 Å². The normalized spacial score (nSPS) is 15.5. The summed E-state index contributed by atoms with van der Waals surface area (Å²) in [6.07, 6.45) is 2.33. The summed E-state index contributed by atoms with van der Waals surface area (Å²) in [4.78, 5) is 12.1. The second-order valence-electron chi connectivity index (χ2n) is 7.69. The van der Waals surface area contributed by atoms with Crippen LogP contribution in [0, 0.1) is 0 Å². The molecule has 0 radical (unpaired) electrons. The Hall–Kier alpha value is -1.95. The van der Waals surface area contributed by atoms with Crippen molar-refractivity contribution in [1.29, 1.82) is 0 Å². The van der Waals surface area contributed by atoms with E-state index in [4.69, 9.17) is 9.73 Å². The minimum atomic E-state index is 0.613. The molecule has 2 rings (SSSR count). The fourth-order valence-corrected chi connectivity index (χ4v) is 3.33. The van der Waals surface area contributed by atoms with Crippen LogP contribution in [0.5, 0.6) is 5.75 Å².